The van der Waals surface area contributed by atoms with E-state index in [2.05, 4.69) is 10.3 Å². The zero-order chi connectivity index (χ0) is 24.0. The van der Waals surface area contributed by atoms with Crippen LogP contribution in [0, 0.1) is 52.2 Å². The molecule has 1 atom stereocenters. The number of thiazole rings is 1. The number of halogens is 2. The molecule has 0 radical (unpaired) electrons. The van der Waals surface area contributed by atoms with E-state index in [9.17, 15) is 19.1 Å². The summed E-state index contributed by atoms with van der Waals surface area (Å²) in [6.07, 6.45) is 1.68. The van der Waals surface area contributed by atoms with Crippen molar-refractivity contribution in [1.82, 2.24) is 10.3 Å². The van der Waals surface area contributed by atoms with Crippen LogP contribution in [0.5, 0.6) is 0 Å². The molecule has 7 nitrogen and oxygen atoms in total. The SMILES string of the molecule is CCOC(=O)C1=C(C23C4C5C2C2C3C4C52C(=O)O)NC(c2nccs2)=NC1c1cccc(F)c1Cl. The molecule has 2 heterocycles. The number of benzene rings is 1. The quantitative estimate of drug-likeness (QED) is 0.574. The Morgan fingerprint density at radius 3 is 2.54 bits per heavy atom. The molecule has 2 N–H and O–H groups in total. The summed E-state index contributed by atoms with van der Waals surface area (Å²) in [7, 11) is 0. The Labute approximate surface area is 208 Å². The molecule has 178 valence electrons. The number of aromatic nitrogens is 1. The van der Waals surface area contributed by atoms with Crippen LogP contribution in [-0.4, -0.2) is 34.5 Å². The molecule has 1 unspecified atom stereocenters. The van der Waals surface area contributed by atoms with Crippen molar-refractivity contribution in [1.29, 1.82) is 0 Å². The maximum Gasteiger partial charge on any atom is 0.338 e. The lowest BCUT2D eigenvalue weighted by Gasteiger charge is -3.10. The number of hydrogen-bond acceptors (Lipinski definition) is 7. The Balaban J connectivity index is 1.31. The number of rotatable bonds is 6. The van der Waals surface area contributed by atoms with E-state index in [4.69, 9.17) is 21.3 Å². The van der Waals surface area contributed by atoms with Gasteiger partial charge in [-0.25, -0.2) is 14.2 Å². The second-order valence-electron chi connectivity index (χ2n) is 10.3. The lowest BCUT2D eigenvalue weighted by Crippen LogP contribution is -3.11. The molecule has 0 bridgehead atoms. The minimum Gasteiger partial charge on any atom is -0.481 e. The summed E-state index contributed by atoms with van der Waals surface area (Å²) in [4.78, 5) is 34.7. The van der Waals surface area contributed by atoms with E-state index < -0.39 is 29.2 Å². The Bertz CT molecular complexity index is 1380. The molecule has 1 aromatic heterocycles. The number of amidine groups is 1. The van der Waals surface area contributed by atoms with Gasteiger partial charge in [-0.15, -0.1) is 11.3 Å². The second kappa shape index (κ2) is 6.13. The van der Waals surface area contributed by atoms with Gasteiger partial charge in [-0.1, -0.05) is 23.7 Å². The van der Waals surface area contributed by atoms with Gasteiger partial charge in [0.2, 0.25) is 0 Å². The highest BCUT2D eigenvalue weighted by atomic mass is 35.5. The molecule has 0 amide bonds. The van der Waals surface area contributed by atoms with Crippen LogP contribution in [0.15, 0.2) is 46.0 Å². The third-order valence-electron chi connectivity index (χ3n) is 9.88. The monoisotopic (exact) mass is 511 g/mol. The van der Waals surface area contributed by atoms with E-state index in [1.807, 2.05) is 5.38 Å². The Morgan fingerprint density at radius 2 is 1.94 bits per heavy atom. The minimum atomic E-state index is -0.860. The molecule has 7 aliphatic rings. The molecule has 9 rings (SSSR count). The summed E-state index contributed by atoms with van der Waals surface area (Å²) in [6, 6.07) is 3.65. The summed E-state index contributed by atoms with van der Waals surface area (Å²) in [5.74, 6) is 0.000175. The van der Waals surface area contributed by atoms with Crippen LogP contribution in [0.25, 0.3) is 0 Å². The summed E-state index contributed by atoms with van der Waals surface area (Å²) in [5, 5.41) is 15.8. The predicted molar refractivity (Wildman–Crippen MR) is 123 cm³/mol. The molecule has 1 aromatic carbocycles. The first-order valence-electron chi connectivity index (χ1n) is 11.7. The van der Waals surface area contributed by atoms with Crippen molar-refractivity contribution < 1.29 is 23.8 Å². The van der Waals surface area contributed by atoms with Gasteiger partial charge in [-0.2, -0.15) is 0 Å². The number of nitrogens with one attached hydrogen (secondary N) is 1. The fourth-order valence-corrected chi connectivity index (χ4v) is 9.99. The van der Waals surface area contributed by atoms with Crippen molar-refractivity contribution in [2.45, 2.75) is 13.0 Å². The number of nitrogens with zero attached hydrogens (tertiary/aromatic N) is 2. The summed E-state index contributed by atoms with van der Waals surface area (Å²) < 4.78 is 20.0. The zero-order valence-corrected chi connectivity index (χ0v) is 19.9. The van der Waals surface area contributed by atoms with E-state index in [-0.39, 0.29) is 52.6 Å². The van der Waals surface area contributed by atoms with Gasteiger partial charge in [-0.05, 0) is 48.5 Å². The maximum absolute atomic E-state index is 14.5. The van der Waals surface area contributed by atoms with Crippen LogP contribution in [0.4, 0.5) is 4.39 Å². The van der Waals surface area contributed by atoms with Gasteiger partial charge >= 0.3 is 11.9 Å². The van der Waals surface area contributed by atoms with E-state index in [1.165, 1.54) is 17.4 Å². The highest BCUT2D eigenvalue weighted by molar-refractivity contribution is 7.11. The highest BCUT2D eigenvalue weighted by Crippen LogP contribution is 3.11. The van der Waals surface area contributed by atoms with E-state index in [1.54, 1.807) is 25.3 Å². The number of aliphatic carboxylic acids is 1. The Kier molecular flexibility index (Phi) is 3.57. The van der Waals surface area contributed by atoms with Crippen LogP contribution in [-0.2, 0) is 14.3 Å². The zero-order valence-electron chi connectivity index (χ0n) is 18.4. The van der Waals surface area contributed by atoms with Gasteiger partial charge in [0.25, 0.3) is 0 Å². The molecule has 0 spiro atoms. The molecule has 0 saturated heterocycles. The number of carbonyl (C=O) groups excluding carboxylic acids is 1. The first-order valence-corrected chi connectivity index (χ1v) is 13.0. The molecule has 6 saturated carbocycles. The van der Waals surface area contributed by atoms with Crippen molar-refractivity contribution in [3.8, 4) is 0 Å². The van der Waals surface area contributed by atoms with Crippen LogP contribution in [0.2, 0.25) is 5.02 Å². The average Bonchev–Trinajstić information content (AvgIpc) is 3.40. The summed E-state index contributed by atoms with van der Waals surface area (Å²) in [5.41, 5.74) is 0.694. The molecule has 2 aromatic rings. The van der Waals surface area contributed by atoms with E-state index in [0.29, 0.717) is 22.0 Å². The predicted octanol–water partition coefficient (Wildman–Crippen LogP) is 3.67. The number of allylic oxidation sites excluding steroid dienone is 1. The molecule has 1 aliphatic heterocycles. The molecule has 35 heavy (non-hydrogen) atoms. The van der Waals surface area contributed by atoms with Crippen molar-refractivity contribution in [2.24, 2.45) is 51.3 Å². The largest absolute Gasteiger partial charge is 0.481 e. The van der Waals surface area contributed by atoms with Gasteiger partial charge in [0.1, 0.15) is 11.9 Å². The fourth-order valence-electron chi connectivity index (χ4n) is 9.17. The van der Waals surface area contributed by atoms with Crippen molar-refractivity contribution >= 4 is 40.7 Å². The van der Waals surface area contributed by atoms with Crippen molar-refractivity contribution in [3.05, 3.63) is 62.5 Å². The number of esters is 1. The lowest BCUT2D eigenvalue weighted by molar-refractivity contribution is -0.633. The topological polar surface area (TPSA) is 101 Å². The van der Waals surface area contributed by atoms with Crippen LogP contribution < -0.4 is 5.32 Å². The highest BCUT2D eigenvalue weighted by Gasteiger charge is 3.12. The molecule has 10 heteroatoms. The van der Waals surface area contributed by atoms with Gasteiger partial charge in [0, 0.05) is 28.3 Å². The fraction of sp³-hybridized carbons (Fsp3) is 0.440. The van der Waals surface area contributed by atoms with Crippen molar-refractivity contribution in [2.75, 3.05) is 6.61 Å². The van der Waals surface area contributed by atoms with Gasteiger partial charge in [-0.3, -0.25) is 9.79 Å². The van der Waals surface area contributed by atoms with Crippen LogP contribution >= 0.6 is 22.9 Å². The molecule has 6 aliphatic carbocycles. The molecular weight excluding hydrogens is 493 g/mol. The third-order valence-corrected chi connectivity index (χ3v) is 11.1. The molecule has 6 fully saturated rings. The maximum atomic E-state index is 14.5. The average molecular weight is 512 g/mol. The van der Waals surface area contributed by atoms with E-state index >= 15 is 0 Å². The first-order chi connectivity index (χ1) is 16.9. The van der Waals surface area contributed by atoms with Crippen molar-refractivity contribution in [3.63, 3.8) is 0 Å². The number of hydrogen-bond donors (Lipinski definition) is 2. The lowest BCUT2D eigenvalue weighted by atomic mass is 8.92. The normalized spacial score (nSPS) is 42.3. The van der Waals surface area contributed by atoms with Gasteiger partial charge in [0.05, 0.1) is 22.6 Å². The number of aliphatic imine (C=N–C) groups is 1. The Hall–Kier alpha value is -2.78. The Morgan fingerprint density at radius 1 is 1.23 bits per heavy atom. The smallest absolute Gasteiger partial charge is 0.338 e. The second-order valence-corrected chi connectivity index (χ2v) is 11.6. The third kappa shape index (κ3) is 1.81. The molecular formula is C25H19ClFN3O4S. The number of carbonyl (C=O) groups is 2. The van der Waals surface area contributed by atoms with E-state index in [0.717, 1.165) is 5.70 Å². The first kappa shape index (κ1) is 20.4. The summed E-state index contributed by atoms with van der Waals surface area (Å²) >= 11 is 7.82. The van der Waals surface area contributed by atoms with Gasteiger partial charge < -0.3 is 15.2 Å². The van der Waals surface area contributed by atoms with Crippen LogP contribution in [0.3, 0.4) is 0 Å². The minimum absolute atomic E-state index is 0.0815. The van der Waals surface area contributed by atoms with Crippen LogP contribution in [0.1, 0.15) is 23.5 Å². The number of ether oxygens (including phenoxy) is 1. The number of carboxylic acid groups (broad SMARTS) is 1. The standard InChI is InChI=1S/C25H19ClFN3O4S/c1-2-34-22(31)10-18(8-4-3-5-9(27)17(8)26)29-20(21-28-6-7-35-21)30-19(10)24-11-14-12(24)16-13(24)15(11)25(14,16)23(32)33/h3-7,11-16,18H,2H2,1H3,(H,29,30)(H,32,33). The van der Waals surface area contributed by atoms with Gasteiger partial charge in [0.15, 0.2) is 10.8 Å². The number of carboxylic acids is 1. The summed E-state index contributed by atoms with van der Waals surface area (Å²) in [6.45, 7) is 1.92.